The summed E-state index contributed by atoms with van der Waals surface area (Å²) in [4.78, 5) is 14.4. The van der Waals surface area contributed by atoms with Crippen molar-refractivity contribution in [1.29, 1.82) is 0 Å². The molecule has 2 rings (SSSR count). The standard InChI is InChI=1S/C18H29N3O2S/c1-24-11-8-17(19)18(23)20-12-14-4-2-3-5-15(14)13-21-9-6-16(22)7-10-21/h2-5,16-17,22H,6-13,19H2,1H3,(H,20,23)/t17-/m0/s1. The first kappa shape index (κ1) is 19.2. The van der Waals surface area contributed by atoms with E-state index in [0.29, 0.717) is 13.0 Å². The summed E-state index contributed by atoms with van der Waals surface area (Å²) in [5.41, 5.74) is 8.27. The molecule has 1 aliphatic rings. The number of amides is 1. The van der Waals surface area contributed by atoms with Gasteiger partial charge in [-0.05, 0) is 42.4 Å². The van der Waals surface area contributed by atoms with E-state index in [2.05, 4.69) is 22.3 Å². The van der Waals surface area contributed by atoms with Gasteiger partial charge >= 0.3 is 0 Å². The van der Waals surface area contributed by atoms with Crippen molar-refractivity contribution in [2.24, 2.45) is 5.73 Å². The average molecular weight is 352 g/mol. The minimum atomic E-state index is -0.437. The number of aliphatic hydroxyl groups is 1. The van der Waals surface area contributed by atoms with E-state index in [9.17, 15) is 9.90 Å². The van der Waals surface area contributed by atoms with Crippen LogP contribution in [-0.2, 0) is 17.9 Å². The summed E-state index contributed by atoms with van der Waals surface area (Å²) in [6.07, 6.45) is 4.23. The maximum Gasteiger partial charge on any atom is 0.237 e. The molecule has 0 aliphatic carbocycles. The number of nitrogens with two attached hydrogens (primary N) is 1. The van der Waals surface area contributed by atoms with Crippen LogP contribution in [0.2, 0.25) is 0 Å². The van der Waals surface area contributed by atoms with Crippen molar-refractivity contribution in [1.82, 2.24) is 10.2 Å². The van der Waals surface area contributed by atoms with Crippen LogP contribution in [0.3, 0.4) is 0 Å². The molecule has 0 unspecified atom stereocenters. The predicted octanol–water partition coefficient (Wildman–Crippen LogP) is 1.34. The summed E-state index contributed by atoms with van der Waals surface area (Å²) in [6.45, 7) is 3.21. The Kier molecular flexibility index (Phi) is 8.05. The van der Waals surface area contributed by atoms with E-state index in [0.717, 1.165) is 43.8 Å². The molecular formula is C18H29N3O2S. The minimum absolute atomic E-state index is 0.0834. The van der Waals surface area contributed by atoms with Gasteiger partial charge in [-0.3, -0.25) is 9.69 Å². The lowest BCUT2D eigenvalue weighted by Gasteiger charge is -2.30. The third-order valence-electron chi connectivity index (χ3n) is 4.49. The monoisotopic (exact) mass is 351 g/mol. The number of nitrogens with one attached hydrogen (secondary N) is 1. The third-order valence-corrected chi connectivity index (χ3v) is 5.14. The molecule has 134 valence electrons. The number of hydrogen-bond acceptors (Lipinski definition) is 5. The average Bonchev–Trinajstić information content (AvgIpc) is 2.60. The molecule has 6 heteroatoms. The van der Waals surface area contributed by atoms with Crippen molar-refractivity contribution in [3.05, 3.63) is 35.4 Å². The Balaban J connectivity index is 1.88. The van der Waals surface area contributed by atoms with Crippen LogP contribution in [0.15, 0.2) is 24.3 Å². The third kappa shape index (κ3) is 6.09. The van der Waals surface area contributed by atoms with Crippen LogP contribution in [0.1, 0.15) is 30.4 Å². The van der Waals surface area contributed by atoms with Crippen molar-refractivity contribution < 1.29 is 9.90 Å². The molecule has 0 radical (unpaired) electrons. The SMILES string of the molecule is CSCC[C@H](N)C(=O)NCc1ccccc1CN1CCC(O)CC1. The van der Waals surface area contributed by atoms with E-state index in [4.69, 9.17) is 5.73 Å². The smallest absolute Gasteiger partial charge is 0.237 e. The van der Waals surface area contributed by atoms with E-state index in [1.165, 1.54) is 5.56 Å². The van der Waals surface area contributed by atoms with Gasteiger partial charge < -0.3 is 16.2 Å². The molecule has 1 fully saturated rings. The van der Waals surface area contributed by atoms with Crippen LogP contribution in [0.4, 0.5) is 0 Å². The number of carbonyl (C=O) groups excluding carboxylic acids is 1. The molecule has 0 aromatic heterocycles. The summed E-state index contributed by atoms with van der Waals surface area (Å²) >= 11 is 1.70. The van der Waals surface area contributed by atoms with Crippen molar-refractivity contribution in [3.8, 4) is 0 Å². The van der Waals surface area contributed by atoms with Crippen LogP contribution >= 0.6 is 11.8 Å². The fourth-order valence-corrected chi connectivity index (χ4v) is 3.38. The van der Waals surface area contributed by atoms with Crippen LogP contribution in [0.25, 0.3) is 0 Å². The molecule has 1 amide bonds. The first-order valence-electron chi connectivity index (χ1n) is 8.59. The summed E-state index contributed by atoms with van der Waals surface area (Å²) in [6, 6.07) is 7.76. The van der Waals surface area contributed by atoms with Gasteiger partial charge in [0.25, 0.3) is 0 Å². The predicted molar refractivity (Wildman–Crippen MR) is 99.8 cm³/mol. The molecule has 24 heavy (non-hydrogen) atoms. The number of nitrogens with zero attached hydrogens (tertiary/aromatic N) is 1. The fourth-order valence-electron chi connectivity index (χ4n) is 2.89. The normalized spacial score (nSPS) is 17.6. The second-order valence-electron chi connectivity index (χ2n) is 6.38. The maximum atomic E-state index is 12.1. The fraction of sp³-hybridized carbons (Fsp3) is 0.611. The van der Waals surface area contributed by atoms with Gasteiger partial charge in [0, 0.05) is 26.2 Å². The largest absolute Gasteiger partial charge is 0.393 e. The number of piperidine rings is 1. The highest BCUT2D eigenvalue weighted by Gasteiger charge is 2.18. The number of aliphatic hydroxyl groups excluding tert-OH is 1. The second kappa shape index (κ2) is 10.0. The Labute approximate surface area is 149 Å². The zero-order valence-corrected chi connectivity index (χ0v) is 15.2. The lowest BCUT2D eigenvalue weighted by Crippen LogP contribution is -2.40. The van der Waals surface area contributed by atoms with E-state index >= 15 is 0 Å². The molecule has 0 spiro atoms. The summed E-state index contributed by atoms with van der Waals surface area (Å²) in [5, 5.41) is 12.6. The maximum absolute atomic E-state index is 12.1. The molecule has 0 bridgehead atoms. The highest BCUT2D eigenvalue weighted by atomic mass is 32.2. The number of hydrogen-bond donors (Lipinski definition) is 3. The van der Waals surface area contributed by atoms with E-state index < -0.39 is 6.04 Å². The molecule has 1 aliphatic heterocycles. The Hall–Kier alpha value is -1.08. The van der Waals surface area contributed by atoms with Crippen LogP contribution in [0.5, 0.6) is 0 Å². The Bertz CT molecular complexity index is 519. The van der Waals surface area contributed by atoms with Gasteiger partial charge in [-0.25, -0.2) is 0 Å². The van der Waals surface area contributed by atoms with Crippen molar-refractivity contribution in [2.75, 3.05) is 25.1 Å². The van der Waals surface area contributed by atoms with E-state index in [1.54, 1.807) is 11.8 Å². The Morgan fingerprint density at radius 2 is 2.04 bits per heavy atom. The molecule has 1 atom stereocenters. The summed E-state index contributed by atoms with van der Waals surface area (Å²) in [5.74, 6) is 0.811. The van der Waals surface area contributed by atoms with Gasteiger partial charge in [-0.2, -0.15) is 11.8 Å². The lowest BCUT2D eigenvalue weighted by atomic mass is 10.0. The summed E-state index contributed by atoms with van der Waals surface area (Å²) in [7, 11) is 0. The molecular weight excluding hydrogens is 322 g/mol. The first-order valence-corrected chi connectivity index (χ1v) is 9.99. The number of benzene rings is 1. The first-order chi connectivity index (χ1) is 11.6. The van der Waals surface area contributed by atoms with Gasteiger partial charge in [0.1, 0.15) is 0 Å². The van der Waals surface area contributed by atoms with Crippen molar-refractivity contribution >= 4 is 17.7 Å². The quantitative estimate of drug-likeness (QED) is 0.659. The topological polar surface area (TPSA) is 78.6 Å². The lowest BCUT2D eigenvalue weighted by molar-refractivity contribution is -0.122. The number of rotatable bonds is 8. The van der Waals surface area contributed by atoms with Crippen LogP contribution in [-0.4, -0.2) is 53.2 Å². The second-order valence-corrected chi connectivity index (χ2v) is 7.37. The van der Waals surface area contributed by atoms with Gasteiger partial charge in [0.05, 0.1) is 12.1 Å². The zero-order valence-electron chi connectivity index (χ0n) is 14.4. The molecule has 0 saturated carbocycles. The summed E-state index contributed by atoms with van der Waals surface area (Å²) < 4.78 is 0. The number of likely N-dealkylation sites (tertiary alicyclic amines) is 1. The van der Waals surface area contributed by atoms with E-state index in [1.807, 2.05) is 18.4 Å². The molecule has 5 nitrogen and oxygen atoms in total. The van der Waals surface area contributed by atoms with E-state index in [-0.39, 0.29) is 12.0 Å². The van der Waals surface area contributed by atoms with Gasteiger partial charge in [0.2, 0.25) is 5.91 Å². The molecule has 1 aromatic carbocycles. The van der Waals surface area contributed by atoms with Crippen molar-refractivity contribution in [3.63, 3.8) is 0 Å². The molecule has 1 heterocycles. The minimum Gasteiger partial charge on any atom is -0.393 e. The highest BCUT2D eigenvalue weighted by molar-refractivity contribution is 7.98. The number of carbonyl (C=O) groups is 1. The Morgan fingerprint density at radius 3 is 2.71 bits per heavy atom. The van der Waals surface area contributed by atoms with Crippen LogP contribution < -0.4 is 11.1 Å². The van der Waals surface area contributed by atoms with Gasteiger partial charge in [0.15, 0.2) is 0 Å². The molecule has 1 saturated heterocycles. The highest BCUT2D eigenvalue weighted by Crippen LogP contribution is 2.16. The molecule has 4 N–H and O–H groups in total. The zero-order chi connectivity index (χ0) is 17.4. The number of thioether (sulfide) groups is 1. The Morgan fingerprint density at radius 1 is 1.38 bits per heavy atom. The van der Waals surface area contributed by atoms with Gasteiger partial charge in [-0.1, -0.05) is 24.3 Å². The van der Waals surface area contributed by atoms with Gasteiger partial charge in [-0.15, -0.1) is 0 Å². The van der Waals surface area contributed by atoms with Crippen molar-refractivity contribution in [2.45, 2.75) is 44.5 Å². The molecule has 1 aromatic rings. The van der Waals surface area contributed by atoms with Crippen LogP contribution in [0, 0.1) is 0 Å².